The highest BCUT2D eigenvalue weighted by atomic mass is 35.5. The second kappa shape index (κ2) is 8.62. The van der Waals surface area contributed by atoms with Gasteiger partial charge in [-0.15, -0.1) is 0 Å². The van der Waals surface area contributed by atoms with Gasteiger partial charge in [0.2, 0.25) is 0 Å². The normalized spacial score (nSPS) is 17.6. The van der Waals surface area contributed by atoms with Gasteiger partial charge in [-0.3, -0.25) is 19.5 Å². The molecule has 34 heavy (non-hydrogen) atoms. The average Bonchev–Trinajstić information content (AvgIpc) is 3.37. The molecule has 2 aromatic heterocycles. The number of rotatable bonds is 4. The van der Waals surface area contributed by atoms with E-state index in [0.717, 1.165) is 23.3 Å². The van der Waals surface area contributed by atoms with Crippen molar-refractivity contribution < 1.29 is 19.1 Å². The smallest absolute Gasteiger partial charge is 0.301 e. The molecule has 5 rings (SSSR count). The zero-order valence-corrected chi connectivity index (χ0v) is 19.4. The average molecular weight is 494 g/mol. The number of pyridine rings is 1. The van der Waals surface area contributed by atoms with Crippen LogP contribution >= 0.6 is 22.9 Å². The molecule has 1 unspecified atom stereocenters. The van der Waals surface area contributed by atoms with Crippen molar-refractivity contribution in [1.29, 1.82) is 0 Å². The van der Waals surface area contributed by atoms with Crippen LogP contribution in [0.1, 0.15) is 29.7 Å². The molecule has 1 saturated heterocycles. The molecule has 3 heterocycles. The summed E-state index contributed by atoms with van der Waals surface area (Å²) in [5.74, 6) is -2.55. The molecule has 0 bridgehead atoms. The summed E-state index contributed by atoms with van der Waals surface area (Å²) in [6.07, 6.45) is 3.91. The van der Waals surface area contributed by atoms with Crippen LogP contribution in [0.3, 0.4) is 0 Å². The number of fused-ring (bicyclic) bond motifs is 1. The van der Waals surface area contributed by atoms with Gasteiger partial charge in [0.1, 0.15) is 11.6 Å². The van der Waals surface area contributed by atoms with E-state index in [2.05, 4.69) is 9.97 Å². The molecule has 1 fully saturated rings. The van der Waals surface area contributed by atoms with Crippen LogP contribution in [0.5, 0.6) is 0 Å². The molecule has 0 saturated carbocycles. The Balaban J connectivity index is 1.70. The van der Waals surface area contributed by atoms with Gasteiger partial charge in [0.15, 0.2) is 5.13 Å². The third-order valence-electron chi connectivity index (χ3n) is 5.73. The zero-order valence-electron chi connectivity index (χ0n) is 17.8. The largest absolute Gasteiger partial charge is 0.507 e. The van der Waals surface area contributed by atoms with Crippen LogP contribution in [0, 0.1) is 5.82 Å². The van der Waals surface area contributed by atoms with Crippen molar-refractivity contribution >= 4 is 55.7 Å². The molecule has 1 atom stereocenters. The summed E-state index contributed by atoms with van der Waals surface area (Å²) in [5, 5.41) is 11.3. The third kappa shape index (κ3) is 3.65. The molecule has 0 spiro atoms. The number of amides is 1. The van der Waals surface area contributed by atoms with E-state index in [-0.39, 0.29) is 21.5 Å². The van der Waals surface area contributed by atoms with Crippen LogP contribution in [0.2, 0.25) is 5.02 Å². The zero-order chi connectivity index (χ0) is 24.0. The predicted molar refractivity (Wildman–Crippen MR) is 129 cm³/mol. The van der Waals surface area contributed by atoms with Gasteiger partial charge in [-0.05, 0) is 41.8 Å². The number of ketones is 1. The molecule has 170 valence electrons. The van der Waals surface area contributed by atoms with Crippen molar-refractivity contribution in [2.75, 3.05) is 4.90 Å². The molecule has 1 N–H and O–H groups in total. The van der Waals surface area contributed by atoms with E-state index in [0.29, 0.717) is 21.3 Å². The van der Waals surface area contributed by atoms with Crippen molar-refractivity contribution in [2.24, 2.45) is 0 Å². The van der Waals surface area contributed by atoms with E-state index in [1.54, 1.807) is 36.7 Å². The van der Waals surface area contributed by atoms with Crippen molar-refractivity contribution in [3.63, 3.8) is 0 Å². The number of carbonyl (C=O) groups is 2. The predicted octanol–water partition coefficient (Wildman–Crippen LogP) is 5.67. The van der Waals surface area contributed by atoms with Gasteiger partial charge in [-0.25, -0.2) is 9.37 Å². The molecular formula is C25H17ClFN3O3S. The van der Waals surface area contributed by atoms with E-state index in [4.69, 9.17) is 11.6 Å². The molecule has 0 aliphatic carbocycles. The Hall–Kier alpha value is -3.62. The van der Waals surface area contributed by atoms with Crippen LogP contribution in [0.15, 0.2) is 66.5 Å². The van der Waals surface area contributed by atoms with Crippen LogP contribution in [-0.4, -0.2) is 26.8 Å². The van der Waals surface area contributed by atoms with E-state index in [1.807, 2.05) is 19.1 Å². The van der Waals surface area contributed by atoms with Gasteiger partial charge in [0.25, 0.3) is 5.78 Å². The molecule has 4 aromatic rings. The minimum absolute atomic E-state index is 0.0519. The number of aromatic nitrogens is 2. The van der Waals surface area contributed by atoms with E-state index in [1.165, 1.54) is 17.0 Å². The third-order valence-corrected chi connectivity index (χ3v) is 7.03. The summed E-state index contributed by atoms with van der Waals surface area (Å²) in [5.41, 5.74) is 2.42. The number of aryl methyl sites for hydroxylation is 1. The Bertz CT molecular complexity index is 1430. The number of benzene rings is 2. The number of thiazole rings is 1. The fourth-order valence-corrected chi connectivity index (χ4v) is 5.12. The number of nitrogens with zero attached hydrogens (tertiary/aromatic N) is 3. The van der Waals surface area contributed by atoms with Gasteiger partial charge in [-0.1, -0.05) is 54.1 Å². The van der Waals surface area contributed by atoms with E-state index < -0.39 is 23.5 Å². The first kappa shape index (κ1) is 22.2. The number of hydrogen-bond donors (Lipinski definition) is 1. The SMILES string of the molecule is CCc1ccc(/C(O)=C2\C(=O)C(=O)N(c3nc4cc(Cl)c(F)cc4s3)C2c2ccncc2)cc1. The second-order valence-corrected chi connectivity index (χ2v) is 9.15. The van der Waals surface area contributed by atoms with Gasteiger partial charge >= 0.3 is 5.91 Å². The Morgan fingerprint density at radius 2 is 1.85 bits per heavy atom. The Labute approximate surface area is 203 Å². The Morgan fingerprint density at radius 3 is 2.53 bits per heavy atom. The first-order valence-corrected chi connectivity index (χ1v) is 11.6. The van der Waals surface area contributed by atoms with Crippen LogP contribution in [0.4, 0.5) is 9.52 Å². The molecule has 1 amide bonds. The van der Waals surface area contributed by atoms with Gasteiger partial charge in [-0.2, -0.15) is 0 Å². The minimum atomic E-state index is -0.935. The summed E-state index contributed by atoms with van der Waals surface area (Å²) in [4.78, 5) is 36.1. The topological polar surface area (TPSA) is 83.4 Å². The number of Topliss-reactive ketones (excluding diaryl/α,β-unsaturated/α-hetero) is 1. The Kier molecular flexibility index (Phi) is 5.63. The van der Waals surface area contributed by atoms with Gasteiger partial charge in [0.05, 0.1) is 26.9 Å². The molecule has 9 heteroatoms. The molecule has 2 aromatic carbocycles. The monoisotopic (exact) mass is 493 g/mol. The van der Waals surface area contributed by atoms with Crippen LogP contribution in [0.25, 0.3) is 16.0 Å². The molecule has 0 radical (unpaired) electrons. The maximum Gasteiger partial charge on any atom is 0.301 e. The summed E-state index contributed by atoms with van der Waals surface area (Å²) in [6, 6.07) is 12.2. The highest BCUT2D eigenvalue weighted by Gasteiger charge is 2.48. The van der Waals surface area contributed by atoms with E-state index in [9.17, 15) is 19.1 Å². The summed E-state index contributed by atoms with van der Waals surface area (Å²) >= 11 is 6.95. The van der Waals surface area contributed by atoms with Crippen LogP contribution < -0.4 is 4.90 Å². The molecule has 6 nitrogen and oxygen atoms in total. The first-order valence-electron chi connectivity index (χ1n) is 10.4. The maximum absolute atomic E-state index is 14.0. The maximum atomic E-state index is 14.0. The summed E-state index contributed by atoms with van der Waals surface area (Å²) in [6.45, 7) is 2.01. The van der Waals surface area contributed by atoms with Gasteiger partial charge < -0.3 is 5.11 Å². The lowest BCUT2D eigenvalue weighted by Crippen LogP contribution is -2.29. The summed E-state index contributed by atoms with van der Waals surface area (Å²) in [7, 11) is 0. The highest BCUT2D eigenvalue weighted by molar-refractivity contribution is 7.22. The van der Waals surface area contributed by atoms with Crippen molar-refractivity contribution in [3.8, 4) is 0 Å². The molecule has 1 aliphatic heterocycles. The molecular weight excluding hydrogens is 477 g/mol. The quantitative estimate of drug-likeness (QED) is 0.225. The fraction of sp³-hybridized carbons (Fsp3) is 0.120. The fourth-order valence-electron chi connectivity index (χ4n) is 3.96. The first-order chi connectivity index (χ1) is 16.4. The number of halogens is 2. The Morgan fingerprint density at radius 1 is 1.15 bits per heavy atom. The lowest BCUT2D eigenvalue weighted by Gasteiger charge is -2.22. The number of carbonyl (C=O) groups excluding carboxylic acids is 2. The number of aliphatic hydroxyl groups is 1. The standard InChI is InChI=1S/C25H17ClFN3O3S/c1-2-13-3-5-15(6-4-13)22(31)20-21(14-7-9-28-10-8-14)30(24(33)23(20)32)25-29-18-11-16(26)17(27)12-19(18)34-25/h3-12,21,31H,2H2,1H3/b22-20+. The lowest BCUT2D eigenvalue weighted by atomic mass is 9.95. The molecule has 1 aliphatic rings. The second-order valence-electron chi connectivity index (χ2n) is 7.73. The van der Waals surface area contributed by atoms with Gasteiger partial charge in [0, 0.05) is 18.0 Å². The lowest BCUT2D eigenvalue weighted by molar-refractivity contribution is -0.132. The summed E-state index contributed by atoms with van der Waals surface area (Å²) < 4.78 is 14.5. The van der Waals surface area contributed by atoms with Crippen molar-refractivity contribution in [2.45, 2.75) is 19.4 Å². The van der Waals surface area contributed by atoms with E-state index >= 15 is 0 Å². The van der Waals surface area contributed by atoms with Crippen LogP contribution in [-0.2, 0) is 16.0 Å². The van der Waals surface area contributed by atoms with Crippen molar-refractivity contribution in [3.05, 3.63) is 94.0 Å². The number of anilines is 1. The number of aliphatic hydroxyl groups excluding tert-OH is 1. The minimum Gasteiger partial charge on any atom is -0.507 e. The van der Waals surface area contributed by atoms with Crippen molar-refractivity contribution in [1.82, 2.24) is 9.97 Å². The highest BCUT2D eigenvalue weighted by Crippen LogP contribution is 2.44. The number of hydrogen-bond acceptors (Lipinski definition) is 6.